The van der Waals surface area contributed by atoms with Crippen molar-refractivity contribution in [2.24, 2.45) is 5.92 Å². The van der Waals surface area contributed by atoms with Gasteiger partial charge in [0.15, 0.2) is 0 Å². The summed E-state index contributed by atoms with van der Waals surface area (Å²) in [5, 5.41) is 3.65. The van der Waals surface area contributed by atoms with Crippen LogP contribution in [-0.2, 0) is 4.79 Å². The minimum atomic E-state index is 0.110. The summed E-state index contributed by atoms with van der Waals surface area (Å²) in [5.41, 5.74) is 1.87. The fourth-order valence-electron chi connectivity index (χ4n) is 2.07. The van der Waals surface area contributed by atoms with Crippen molar-refractivity contribution in [1.29, 1.82) is 0 Å². The molecule has 1 aromatic rings. The van der Waals surface area contributed by atoms with E-state index in [1.54, 1.807) is 0 Å². The lowest BCUT2D eigenvalue weighted by Crippen LogP contribution is -2.23. The van der Waals surface area contributed by atoms with Crippen molar-refractivity contribution < 1.29 is 4.79 Å². The summed E-state index contributed by atoms with van der Waals surface area (Å²) in [4.78, 5) is 12.2. The zero-order valence-electron chi connectivity index (χ0n) is 11.4. The maximum Gasteiger partial charge on any atom is 0.227 e. The number of hydrogen-bond donors (Lipinski definition) is 1. The molecule has 2 nitrogen and oxygen atoms in total. The highest BCUT2D eigenvalue weighted by atomic mass is 35.5. The molecule has 1 amide bonds. The van der Waals surface area contributed by atoms with Gasteiger partial charge in [-0.15, -0.1) is 0 Å². The molecular weight excluding hydrogens is 246 g/mol. The smallest absolute Gasteiger partial charge is 0.227 e. The average molecular weight is 268 g/mol. The van der Waals surface area contributed by atoms with Crippen LogP contribution in [0.2, 0.25) is 5.02 Å². The number of benzene rings is 1. The Bertz CT molecular complexity index is 397. The highest BCUT2D eigenvalue weighted by molar-refractivity contribution is 6.31. The van der Waals surface area contributed by atoms with Crippen LogP contribution in [0.1, 0.15) is 45.1 Å². The molecule has 3 heteroatoms. The van der Waals surface area contributed by atoms with Gasteiger partial charge in [0.2, 0.25) is 5.91 Å². The zero-order valence-corrected chi connectivity index (χ0v) is 12.2. The standard InChI is InChI=1S/C15H22ClNO/c1-4-6-12(7-5-2)15(18)17-14-10-13(16)9-8-11(14)3/h8-10,12H,4-7H2,1-3H3,(H,17,18). The molecule has 18 heavy (non-hydrogen) atoms. The van der Waals surface area contributed by atoms with Crippen LogP contribution < -0.4 is 5.32 Å². The predicted molar refractivity (Wildman–Crippen MR) is 78.1 cm³/mol. The van der Waals surface area contributed by atoms with Crippen molar-refractivity contribution in [2.45, 2.75) is 46.5 Å². The molecule has 0 aromatic heterocycles. The van der Waals surface area contributed by atoms with Crippen molar-refractivity contribution >= 4 is 23.2 Å². The third-order valence-corrected chi connectivity index (χ3v) is 3.34. The lowest BCUT2D eigenvalue weighted by Gasteiger charge is -2.16. The van der Waals surface area contributed by atoms with Gasteiger partial charge in [0.1, 0.15) is 0 Å². The molecule has 0 bridgehead atoms. The first-order chi connectivity index (χ1) is 8.58. The zero-order chi connectivity index (χ0) is 13.5. The van der Waals surface area contributed by atoms with Gasteiger partial charge in [0, 0.05) is 16.6 Å². The van der Waals surface area contributed by atoms with Gasteiger partial charge < -0.3 is 5.32 Å². The van der Waals surface area contributed by atoms with Gasteiger partial charge in [-0.3, -0.25) is 4.79 Å². The second-order valence-corrected chi connectivity index (χ2v) is 5.16. The van der Waals surface area contributed by atoms with Gasteiger partial charge >= 0.3 is 0 Å². The van der Waals surface area contributed by atoms with Crippen molar-refractivity contribution in [3.8, 4) is 0 Å². The summed E-state index contributed by atoms with van der Waals surface area (Å²) >= 11 is 5.95. The summed E-state index contributed by atoms with van der Waals surface area (Å²) in [5.74, 6) is 0.224. The van der Waals surface area contributed by atoms with E-state index in [-0.39, 0.29) is 11.8 Å². The largest absolute Gasteiger partial charge is 0.326 e. The Morgan fingerprint density at radius 1 is 1.28 bits per heavy atom. The Hall–Kier alpha value is -1.02. The van der Waals surface area contributed by atoms with E-state index in [2.05, 4.69) is 19.2 Å². The lowest BCUT2D eigenvalue weighted by atomic mass is 9.97. The van der Waals surface area contributed by atoms with Crippen LogP contribution in [0.25, 0.3) is 0 Å². The average Bonchev–Trinajstić information content (AvgIpc) is 2.33. The van der Waals surface area contributed by atoms with Gasteiger partial charge in [0.05, 0.1) is 0 Å². The molecule has 0 aliphatic carbocycles. The number of hydrogen-bond acceptors (Lipinski definition) is 1. The van der Waals surface area contributed by atoms with Crippen LogP contribution in [0.3, 0.4) is 0 Å². The molecule has 1 N–H and O–H groups in total. The number of nitrogens with one attached hydrogen (secondary N) is 1. The minimum Gasteiger partial charge on any atom is -0.326 e. The molecule has 0 saturated carbocycles. The first kappa shape index (κ1) is 15.0. The number of carbonyl (C=O) groups excluding carboxylic acids is 1. The number of carbonyl (C=O) groups is 1. The molecule has 1 rings (SSSR count). The molecule has 1 aromatic carbocycles. The monoisotopic (exact) mass is 267 g/mol. The Labute approximate surface area is 115 Å². The van der Waals surface area contributed by atoms with E-state index in [9.17, 15) is 4.79 Å². The Morgan fingerprint density at radius 3 is 2.44 bits per heavy atom. The second kappa shape index (κ2) is 7.42. The summed E-state index contributed by atoms with van der Waals surface area (Å²) < 4.78 is 0. The van der Waals surface area contributed by atoms with E-state index < -0.39 is 0 Å². The van der Waals surface area contributed by atoms with Gasteiger partial charge in [-0.05, 0) is 37.5 Å². The third kappa shape index (κ3) is 4.34. The molecule has 0 spiro atoms. The molecule has 0 radical (unpaired) electrons. The van der Waals surface area contributed by atoms with Crippen LogP contribution >= 0.6 is 11.6 Å². The molecular formula is C15H22ClNO. The van der Waals surface area contributed by atoms with Crippen molar-refractivity contribution in [1.82, 2.24) is 0 Å². The maximum absolute atomic E-state index is 12.2. The molecule has 0 fully saturated rings. The van der Waals surface area contributed by atoms with E-state index in [1.165, 1.54) is 0 Å². The molecule has 0 unspecified atom stereocenters. The lowest BCUT2D eigenvalue weighted by molar-refractivity contribution is -0.120. The Kier molecular flexibility index (Phi) is 6.20. The first-order valence-electron chi connectivity index (χ1n) is 6.65. The van der Waals surface area contributed by atoms with E-state index in [4.69, 9.17) is 11.6 Å². The fourth-order valence-corrected chi connectivity index (χ4v) is 2.24. The van der Waals surface area contributed by atoms with Crippen molar-refractivity contribution in [3.63, 3.8) is 0 Å². The van der Waals surface area contributed by atoms with Crippen LogP contribution in [0, 0.1) is 12.8 Å². The van der Waals surface area contributed by atoms with Gasteiger partial charge in [-0.1, -0.05) is 44.4 Å². The van der Waals surface area contributed by atoms with Crippen molar-refractivity contribution in [3.05, 3.63) is 28.8 Å². The Morgan fingerprint density at radius 2 is 1.89 bits per heavy atom. The quantitative estimate of drug-likeness (QED) is 0.788. The van der Waals surface area contributed by atoms with Crippen LogP contribution in [0.5, 0.6) is 0 Å². The number of halogens is 1. The van der Waals surface area contributed by atoms with Gasteiger partial charge in [-0.2, -0.15) is 0 Å². The number of anilines is 1. The molecule has 0 saturated heterocycles. The van der Waals surface area contributed by atoms with E-state index in [1.807, 2.05) is 25.1 Å². The van der Waals surface area contributed by atoms with E-state index in [0.717, 1.165) is 36.9 Å². The minimum absolute atomic E-state index is 0.110. The SMILES string of the molecule is CCCC(CCC)C(=O)Nc1cc(Cl)ccc1C. The number of aryl methyl sites for hydroxylation is 1. The first-order valence-corrected chi connectivity index (χ1v) is 7.03. The molecule has 0 atom stereocenters. The summed E-state index contributed by atoms with van der Waals surface area (Å²) in [6, 6.07) is 5.57. The highest BCUT2D eigenvalue weighted by Gasteiger charge is 2.17. The molecule has 100 valence electrons. The molecule has 0 heterocycles. The molecule has 0 aliphatic heterocycles. The third-order valence-electron chi connectivity index (χ3n) is 3.10. The number of amides is 1. The van der Waals surface area contributed by atoms with E-state index in [0.29, 0.717) is 5.02 Å². The Balaban J connectivity index is 2.75. The number of rotatable bonds is 6. The van der Waals surface area contributed by atoms with Crippen LogP contribution in [0.15, 0.2) is 18.2 Å². The van der Waals surface area contributed by atoms with E-state index >= 15 is 0 Å². The summed E-state index contributed by atoms with van der Waals surface area (Å²) in [6.45, 7) is 6.20. The second-order valence-electron chi connectivity index (χ2n) is 4.72. The van der Waals surface area contributed by atoms with Crippen LogP contribution in [0.4, 0.5) is 5.69 Å². The fraction of sp³-hybridized carbons (Fsp3) is 0.533. The van der Waals surface area contributed by atoms with Gasteiger partial charge in [-0.25, -0.2) is 0 Å². The summed E-state index contributed by atoms with van der Waals surface area (Å²) in [6.07, 6.45) is 3.96. The summed E-state index contributed by atoms with van der Waals surface area (Å²) in [7, 11) is 0. The normalized spacial score (nSPS) is 10.7. The molecule has 0 aliphatic rings. The van der Waals surface area contributed by atoms with Gasteiger partial charge in [0.25, 0.3) is 0 Å². The highest BCUT2D eigenvalue weighted by Crippen LogP contribution is 2.22. The maximum atomic E-state index is 12.2. The predicted octanol–water partition coefficient (Wildman–Crippen LogP) is 4.80. The topological polar surface area (TPSA) is 29.1 Å². The van der Waals surface area contributed by atoms with Crippen LogP contribution in [-0.4, -0.2) is 5.91 Å². The van der Waals surface area contributed by atoms with Crippen molar-refractivity contribution in [2.75, 3.05) is 5.32 Å².